The molecule has 1 aromatic rings. The summed E-state index contributed by atoms with van der Waals surface area (Å²) < 4.78 is 10.3. The van der Waals surface area contributed by atoms with Gasteiger partial charge in [0.25, 0.3) is 0 Å². The van der Waals surface area contributed by atoms with Gasteiger partial charge in [-0.3, -0.25) is 19.2 Å². The molecule has 0 aromatic heterocycles. The molecule has 2 amide bonds. The maximum atomic E-state index is 12.5. The molecule has 1 unspecified atom stereocenters. The third-order valence-electron chi connectivity index (χ3n) is 4.22. The van der Waals surface area contributed by atoms with Gasteiger partial charge in [-0.15, -0.1) is 0 Å². The molecule has 9 nitrogen and oxygen atoms in total. The molecule has 0 bridgehead atoms. The number of hydrogen-bond donors (Lipinski definition) is 3. The van der Waals surface area contributed by atoms with Crippen LogP contribution in [0.25, 0.3) is 0 Å². The number of amides is 2. The third kappa shape index (κ3) is 12.7. The molecule has 0 aliphatic rings. The third-order valence-corrected chi connectivity index (χ3v) is 4.22. The Morgan fingerprint density at radius 1 is 1.00 bits per heavy atom. The second-order valence-corrected chi connectivity index (χ2v) is 8.36. The van der Waals surface area contributed by atoms with E-state index >= 15 is 0 Å². The van der Waals surface area contributed by atoms with Gasteiger partial charge in [0.05, 0.1) is 6.42 Å². The summed E-state index contributed by atoms with van der Waals surface area (Å²) in [5, 5.41) is 5.12. The van der Waals surface area contributed by atoms with Gasteiger partial charge in [0, 0.05) is 6.42 Å². The van der Waals surface area contributed by atoms with Crippen LogP contribution in [0.15, 0.2) is 30.3 Å². The Kier molecular flexibility index (Phi) is 12.0. The molecule has 32 heavy (non-hydrogen) atoms. The number of nitrogens with two attached hydrogens (primary N) is 1. The molecule has 0 radical (unpaired) electrons. The van der Waals surface area contributed by atoms with Crippen molar-refractivity contribution in [3.8, 4) is 0 Å². The zero-order chi connectivity index (χ0) is 24.0. The Bertz CT molecular complexity index is 746. The smallest absolute Gasteiger partial charge is 0.325 e. The second kappa shape index (κ2) is 14.2. The van der Waals surface area contributed by atoms with Crippen LogP contribution in [-0.2, 0) is 35.3 Å². The Morgan fingerprint density at radius 3 is 2.31 bits per heavy atom. The minimum atomic E-state index is -0.838. The minimum absolute atomic E-state index is 0.0912. The zero-order valence-electron chi connectivity index (χ0n) is 19.1. The van der Waals surface area contributed by atoms with Gasteiger partial charge in [-0.05, 0) is 52.1 Å². The standard InChI is InChI=1S/C23H35N3O6/c1-23(2,3)32-20(28)13-12-19(27)26-18(11-7-8-14-24)22(30)25-15-21(29)31-16-17-9-5-4-6-10-17/h4-6,9-10,18H,7-8,11-16,24H2,1-3H3,(H,25,30)(H,26,27). The van der Waals surface area contributed by atoms with E-state index in [0.29, 0.717) is 25.8 Å². The Morgan fingerprint density at radius 2 is 1.69 bits per heavy atom. The van der Waals surface area contributed by atoms with E-state index in [-0.39, 0.29) is 26.0 Å². The number of unbranched alkanes of at least 4 members (excludes halogenated alkanes) is 1. The molecule has 1 rings (SSSR count). The fourth-order valence-electron chi connectivity index (χ4n) is 2.71. The van der Waals surface area contributed by atoms with E-state index in [0.717, 1.165) is 5.56 Å². The first-order valence-electron chi connectivity index (χ1n) is 10.8. The highest BCUT2D eigenvalue weighted by Gasteiger charge is 2.22. The molecule has 178 valence electrons. The van der Waals surface area contributed by atoms with E-state index in [2.05, 4.69) is 10.6 Å². The number of esters is 2. The summed E-state index contributed by atoms with van der Waals surface area (Å²) in [7, 11) is 0. The van der Waals surface area contributed by atoms with Crippen LogP contribution in [0, 0.1) is 0 Å². The lowest BCUT2D eigenvalue weighted by Gasteiger charge is -2.20. The van der Waals surface area contributed by atoms with E-state index < -0.39 is 35.4 Å². The molecule has 9 heteroatoms. The summed E-state index contributed by atoms with van der Waals surface area (Å²) >= 11 is 0. The van der Waals surface area contributed by atoms with Gasteiger partial charge in [0.2, 0.25) is 11.8 Å². The van der Waals surface area contributed by atoms with E-state index in [9.17, 15) is 19.2 Å². The molecule has 0 saturated carbocycles. The van der Waals surface area contributed by atoms with Crippen molar-refractivity contribution >= 4 is 23.8 Å². The first-order chi connectivity index (χ1) is 15.1. The lowest BCUT2D eigenvalue weighted by atomic mass is 10.1. The van der Waals surface area contributed by atoms with E-state index in [1.165, 1.54) is 0 Å². The quantitative estimate of drug-likeness (QED) is 0.307. The SMILES string of the molecule is CC(C)(C)OC(=O)CCC(=O)NC(CCCCN)C(=O)NCC(=O)OCc1ccccc1. The first kappa shape index (κ1) is 27.1. The van der Waals surface area contributed by atoms with Crippen molar-refractivity contribution < 1.29 is 28.7 Å². The van der Waals surface area contributed by atoms with Crippen molar-refractivity contribution in [3.05, 3.63) is 35.9 Å². The number of nitrogens with one attached hydrogen (secondary N) is 2. The topological polar surface area (TPSA) is 137 Å². The van der Waals surface area contributed by atoms with E-state index in [1.807, 2.05) is 30.3 Å². The van der Waals surface area contributed by atoms with Crippen molar-refractivity contribution in [2.45, 2.75) is 71.1 Å². The highest BCUT2D eigenvalue weighted by molar-refractivity contribution is 5.90. The van der Waals surface area contributed by atoms with Crippen LogP contribution in [0.4, 0.5) is 0 Å². The molecule has 0 spiro atoms. The molecule has 0 aliphatic carbocycles. The Labute approximate surface area is 189 Å². The minimum Gasteiger partial charge on any atom is -0.460 e. The Hall–Kier alpha value is -2.94. The fraction of sp³-hybridized carbons (Fsp3) is 0.565. The van der Waals surface area contributed by atoms with Crippen LogP contribution in [-0.4, -0.2) is 48.5 Å². The van der Waals surface area contributed by atoms with E-state index in [1.54, 1.807) is 20.8 Å². The van der Waals surface area contributed by atoms with Crippen LogP contribution in [0.5, 0.6) is 0 Å². The lowest BCUT2D eigenvalue weighted by molar-refractivity contribution is -0.155. The van der Waals surface area contributed by atoms with Crippen molar-refractivity contribution in [2.24, 2.45) is 5.73 Å². The van der Waals surface area contributed by atoms with Crippen LogP contribution in [0.1, 0.15) is 58.4 Å². The van der Waals surface area contributed by atoms with Crippen molar-refractivity contribution in [1.29, 1.82) is 0 Å². The first-order valence-corrected chi connectivity index (χ1v) is 10.8. The van der Waals surface area contributed by atoms with Crippen molar-refractivity contribution in [3.63, 3.8) is 0 Å². The molecule has 0 saturated heterocycles. The van der Waals surface area contributed by atoms with Gasteiger partial charge in [-0.1, -0.05) is 30.3 Å². The number of carbonyl (C=O) groups is 4. The predicted molar refractivity (Wildman–Crippen MR) is 119 cm³/mol. The highest BCUT2D eigenvalue weighted by atomic mass is 16.6. The molecule has 1 aromatic carbocycles. The molecule has 1 atom stereocenters. The summed E-state index contributed by atoms with van der Waals surface area (Å²) in [5.74, 6) is -2.02. The van der Waals surface area contributed by atoms with Crippen LogP contribution >= 0.6 is 0 Å². The molecular weight excluding hydrogens is 414 g/mol. The van der Waals surface area contributed by atoms with Gasteiger partial charge in [-0.2, -0.15) is 0 Å². The molecule has 4 N–H and O–H groups in total. The number of ether oxygens (including phenoxy) is 2. The molecular formula is C23H35N3O6. The lowest BCUT2D eigenvalue weighted by Crippen LogP contribution is -2.48. The monoisotopic (exact) mass is 449 g/mol. The van der Waals surface area contributed by atoms with Gasteiger partial charge in [0.1, 0.15) is 24.8 Å². The van der Waals surface area contributed by atoms with Gasteiger partial charge in [-0.25, -0.2) is 0 Å². The summed E-state index contributed by atoms with van der Waals surface area (Å²) in [6.07, 6.45) is 1.48. The van der Waals surface area contributed by atoms with E-state index in [4.69, 9.17) is 15.2 Å². The average Bonchev–Trinajstić information content (AvgIpc) is 2.73. The van der Waals surface area contributed by atoms with Gasteiger partial charge in [0.15, 0.2) is 0 Å². The number of rotatable bonds is 13. The molecule has 0 aliphatic heterocycles. The highest BCUT2D eigenvalue weighted by Crippen LogP contribution is 2.09. The average molecular weight is 450 g/mol. The van der Waals surface area contributed by atoms with Crippen LogP contribution < -0.4 is 16.4 Å². The van der Waals surface area contributed by atoms with Gasteiger partial charge < -0.3 is 25.8 Å². The van der Waals surface area contributed by atoms with Crippen molar-refractivity contribution in [2.75, 3.05) is 13.1 Å². The normalized spacial score (nSPS) is 11.9. The van der Waals surface area contributed by atoms with Gasteiger partial charge >= 0.3 is 11.9 Å². The molecule has 0 fully saturated rings. The number of carbonyl (C=O) groups excluding carboxylic acids is 4. The van der Waals surface area contributed by atoms with Crippen molar-refractivity contribution in [1.82, 2.24) is 10.6 Å². The summed E-state index contributed by atoms with van der Waals surface area (Å²) in [4.78, 5) is 48.5. The summed E-state index contributed by atoms with van der Waals surface area (Å²) in [6, 6.07) is 8.34. The maximum absolute atomic E-state index is 12.5. The second-order valence-electron chi connectivity index (χ2n) is 8.36. The van der Waals surface area contributed by atoms with Crippen LogP contribution in [0.3, 0.4) is 0 Å². The largest absolute Gasteiger partial charge is 0.460 e. The Balaban J connectivity index is 2.49. The predicted octanol–water partition coefficient (Wildman–Crippen LogP) is 1.58. The summed E-state index contributed by atoms with van der Waals surface area (Å²) in [5.41, 5.74) is 5.71. The number of hydrogen-bond acceptors (Lipinski definition) is 7. The number of benzene rings is 1. The fourth-order valence-corrected chi connectivity index (χ4v) is 2.71. The van der Waals surface area contributed by atoms with Crippen LogP contribution in [0.2, 0.25) is 0 Å². The maximum Gasteiger partial charge on any atom is 0.325 e. The molecule has 0 heterocycles. The summed E-state index contributed by atoms with van der Waals surface area (Å²) in [6.45, 7) is 5.49. The zero-order valence-corrected chi connectivity index (χ0v) is 19.1.